The summed E-state index contributed by atoms with van der Waals surface area (Å²) in [7, 11) is 0. The SMILES string of the molecule is CC1CSC(C)C(C)CN1. The predicted molar refractivity (Wildman–Crippen MR) is 48.5 cm³/mol. The zero-order valence-electron chi connectivity index (χ0n) is 7.05. The molecule has 1 saturated heterocycles. The summed E-state index contributed by atoms with van der Waals surface area (Å²) in [6.45, 7) is 8.10. The molecule has 0 aromatic carbocycles. The van der Waals surface area contributed by atoms with Crippen LogP contribution in [0.4, 0.5) is 0 Å². The van der Waals surface area contributed by atoms with Crippen molar-refractivity contribution in [1.82, 2.24) is 5.32 Å². The Morgan fingerprint density at radius 2 is 2.00 bits per heavy atom. The van der Waals surface area contributed by atoms with Gasteiger partial charge >= 0.3 is 0 Å². The van der Waals surface area contributed by atoms with Crippen LogP contribution in [0.1, 0.15) is 20.8 Å². The zero-order chi connectivity index (χ0) is 7.56. The van der Waals surface area contributed by atoms with Gasteiger partial charge in [-0.15, -0.1) is 0 Å². The lowest BCUT2D eigenvalue weighted by Gasteiger charge is -2.14. The fraction of sp³-hybridized carbons (Fsp3) is 1.00. The Morgan fingerprint density at radius 3 is 2.70 bits per heavy atom. The molecule has 0 amide bonds. The summed E-state index contributed by atoms with van der Waals surface area (Å²) in [5, 5.41) is 4.33. The monoisotopic (exact) mass is 159 g/mol. The average Bonchev–Trinajstić information content (AvgIpc) is 2.04. The molecule has 0 aromatic heterocycles. The Kier molecular flexibility index (Phi) is 3.05. The van der Waals surface area contributed by atoms with Crippen LogP contribution in [-0.2, 0) is 0 Å². The highest BCUT2D eigenvalue weighted by Crippen LogP contribution is 2.22. The van der Waals surface area contributed by atoms with Gasteiger partial charge in [0.1, 0.15) is 0 Å². The van der Waals surface area contributed by atoms with E-state index in [4.69, 9.17) is 0 Å². The molecule has 0 bridgehead atoms. The molecule has 0 spiro atoms. The fourth-order valence-electron chi connectivity index (χ4n) is 1.07. The van der Waals surface area contributed by atoms with Gasteiger partial charge in [-0.3, -0.25) is 0 Å². The molecular weight excluding hydrogens is 142 g/mol. The third kappa shape index (κ3) is 2.17. The van der Waals surface area contributed by atoms with Crippen molar-refractivity contribution in [2.45, 2.75) is 32.1 Å². The number of nitrogens with one attached hydrogen (secondary N) is 1. The Labute approximate surface area is 68.0 Å². The Hall–Kier alpha value is 0.310. The molecule has 3 atom stereocenters. The molecule has 0 aliphatic carbocycles. The first kappa shape index (κ1) is 8.41. The second kappa shape index (κ2) is 3.63. The molecule has 0 saturated carbocycles. The second-order valence-electron chi connectivity index (χ2n) is 3.33. The maximum atomic E-state index is 3.50. The van der Waals surface area contributed by atoms with Crippen LogP contribution in [0.15, 0.2) is 0 Å². The lowest BCUT2D eigenvalue weighted by molar-refractivity contribution is 0.493. The molecule has 1 fully saturated rings. The van der Waals surface area contributed by atoms with Gasteiger partial charge in [-0.05, 0) is 19.4 Å². The van der Waals surface area contributed by atoms with Crippen molar-refractivity contribution < 1.29 is 0 Å². The molecule has 10 heavy (non-hydrogen) atoms. The van der Waals surface area contributed by atoms with E-state index < -0.39 is 0 Å². The van der Waals surface area contributed by atoms with Gasteiger partial charge in [-0.1, -0.05) is 13.8 Å². The summed E-state index contributed by atoms with van der Waals surface area (Å²) in [5.41, 5.74) is 0. The van der Waals surface area contributed by atoms with Crippen molar-refractivity contribution >= 4 is 11.8 Å². The lowest BCUT2D eigenvalue weighted by atomic mass is 10.1. The van der Waals surface area contributed by atoms with E-state index in [0.29, 0.717) is 6.04 Å². The third-order valence-corrected chi connectivity index (χ3v) is 3.88. The van der Waals surface area contributed by atoms with Crippen LogP contribution in [0.25, 0.3) is 0 Å². The minimum Gasteiger partial charge on any atom is -0.313 e. The molecule has 0 radical (unpaired) electrons. The van der Waals surface area contributed by atoms with Gasteiger partial charge in [-0.25, -0.2) is 0 Å². The van der Waals surface area contributed by atoms with Crippen molar-refractivity contribution in [3.63, 3.8) is 0 Å². The number of hydrogen-bond donors (Lipinski definition) is 1. The summed E-state index contributed by atoms with van der Waals surface area (Å²) in [6, 6.07) is 0.706. The Bertz CT molecular complexity index is 93.4. The molecule has 1 heterocycles. The molecule has 3 unspecified atom stereocenters. The van der Waals surface area contributed by atoms with E-state index in [0.717, 1.165) is 11.2 Å². The fourth-order valence-corrected chi connectivity index (χ4v) is 2.21. The molecule has 2 heteroatoms. The molecular formula is C8H17NS. The van der Waals surface area contributed by atoms with Crippen LogP contribution in [-0.4, -0.2) is 23.6 Å². The molecule has 1 rings (SSSR count). The van der Waals surface area contributed by atoms with E-state index in [9.17, 15) is 0 Å². The van der Waals surface area contributed by atoms with Gasteiger partial charge in [0.05, 0.1) is 0 Å². The first-order valence-corrected chi connectivity index (χ1v) is 5.10. The summed E-state index contributed by atoms with van der Waals surface area (Å²) in [5.74, 6) is 2.10. The second-order valence-corrected chi connectivity index (χ2v) is 4.74. The van der Waals surface area contributed by atoms with E-state index in [1.807, 2.05) is 0 Å². The highest BCUT2D eigenvalue weighted by atomic mass is 32.2. The molecule has 1 aliphatic heterocycles. The largest absolute Gasteiger partial charge is 0.313 e. The van der Waals surface area contributed by atoms with Crippen LogP contribution in [0.5, 0.6) is 0 Å². The lowest BCUT2D eigenvalue weighted by Crippen LogP contribution is -2.30. The number of hydrogen-bond acceptors (Lipinski definition) is 2. The first-order valence-electron chi connectivity index (χ1n) is 4.05. The average molecular weight is 159 g/mol. The maximum Gasteiger partial charge on any atom is 0.0130 e. The zero-order valence-corrected chi connectivity index (χ0v) is 7.87. The topological polar surface area (TPSA) is 12.0 Å². The highest BCUT2D eigenvalue weighted by Gasteiger charge is 2.18. The Morgan fingerprint density at radius 1 is 1.30 bits per heavy atom. The van der Waals surface area contributed by atoms with E-state index in [2.05, 4.69) is 37.8 Å². The van der Waals surface area contributed by atoms with Crippen LogP contribution in [0.2, 0.25) is 0 Å². The van der Waals surface area contributed by atoms with Crippen molar-refractivity contribution in [3.8, 4) is 0 Å². The minimum absolute atomic E-state index is 0.706. The van der Waals surface area contributed by atoms with E-state index in [1.54, 1.807) is 0 Å². The van der Waals surface area contributed by atoms with E-state index in [1.165, 1.54) is 12.3 Å². The van der Waals surface area contributed by atoms with E-state index in [-0.39, 0.29) is 0 Å². The first-order chi connectivity index (χ1) is 4.70. The normalized spacial score (nSPS) is 42.9. The van der Waals surface area contributed by atoms with E-state index >= 15 is 0 Å². The van der Waals surface area contributed by atoms with Crippen molar-refractivity contribution in [2.75, 3.05) is 12.3 Å². The van der Waals surface area contributed by atoms with Crippen molar-refractivity contribution in [1.29, 1.82) is 0 Å². The standard InChI is InChI=1S/C8H17NS/c1-6-4-9-7(2)5-10-8(6)3/h6-9H,4-5H2,1-3H3. The quantitative estimate of drug-likeness (QED) is 0.578. The summed E-state index contributed by atoms with van der Waals surface area (Å²) in [6.07, 6.45) is 0. The number of rotatable bonds is 0. The van der Waals surface area contributed by atoms with Gasteiger partial charge in [-0.2, -0.15) is 11.8 Å². The molecule has 60 valence electrons. The van der Waals surface area contributed by atoms with Crippen LogP contribution in [0.3, 0.4) is 0 Å². The third-order valence-electron chi connectivity index (χ3n) is 2.20. The van der Waals surface area contributed by atoms with Gasteiger partial charge < -0.3 is 5.32 Å². The van der Waals surface area contributed by atoms with Gasteiger partial charge in [0.2, 0.25) is 0 Å². The van der Waals surface area contributed by atoms with Gasteiger partial charge in [0.15, 0.2) is 0 Å². The summed E-state index contributed by atoms with van der Waals surface area (Å²) < 4.78 is 0. The molecule has 0 aromatic rings. The maximum absolute atomic E-state index is 3.50. The highest BCUT2D eigenvalue weighted by molar-refractivity contribution is 7.99. The summed E-state index contributed by atoms with van der Waals surface area (Å²) in [4.78, 5) is 0. The molecule has 1 aliphatic rings. The smallest absolute Gasteiger partial charge is 0.0130 e. The van der Waals surface area contributed by atoms with Crippen LogP contribution < -0.4 is 5.32 Å². The van der Waals surface area contributed by atoms with Crippen LogP contribution >= 0.6 is 11.8 Å². The Balaban J connectivity index is 2.38. The van der Waals surface area contributed by atoms with Gasteiger partial charge in [0, 0.05) is 17.0 Å². The molecule has 1 nitrogen and oxygen atoms in total. The predicted octanol–water partition coefficient (Wildman–Crippen LogP) is 1.74. The minimum atomic E-state index is 0.706. The summed E-state index contributed by atoms with van der Waals surface area (Å²) >= 11 is 2.09. The van der Waals surface area contributed by atoms with Crippen LogP contribution in [0, 0.1) is 5.92 Å². The molecule has 1 N–H and O–H groups in total. The van der Waals surface area contributed by atoms with Gasteiger partial charge in [0.25, 0.3) is 0 Å². The number of thioether (sulfide) groups is 1. The van der Waals surface area contributed by atoms with Crippen molar-refractivity contribution in [2.24, 2.45) is 5.92 Å². The van der Waals surface area contributed by atoms with Crippen molar-refractivity contribution in [3.05, 3.63) is 0 Å².